The second-order valence-corrected chi connectivity index (χ2v) is 5.04. The zero-order valence-electron chi connectivity index (χ0n) is 10.8. The quantitative estimate of drug-likeness (QED) is 0.875. The third kappa shape index (κ3) is 1.96. The molecule has 0 bridgehead atoms. The van der Waals surface area contributed by atoms with Gasteiger partial charge in [0.05, 0.1) is 0 Å². The number of nitrogen functional groups attached to an aromatic ring is 1. The van der Waals surface area contributed by atoms with Crippen molar-refractivity contribution >= 4 is 5.82 Å². The molecule has 0 unspecified atom stereocenters. The zero-order valence-corrected chi connectivity index (χ0v) is 10.8. The standard InChI is InChI=1S/C15H17N3/c1-9-14(7-12(8-17-9)11-3-4-11)13-5-6-15(16)18-10(13)2/h5-8,11H,3-4H2,1-2H3,(H2,16,18). The van der Waals surface area contributed by atoms with Gasteiger partial charge in [-0.1, -0.05) is 0 Å². The summed E-state index contributed by atoms with van der Waals surface area (Å²) in [6, 6.07) is 6.16. The molecule has 1 aliphatic carbocycles. The normalized spacial score (nSPS) is 14.8. The van der Waals surface area contributed by atoms with E-state index in [9.17, 15) is 0 Å². The number of hydrogen-bond acceptors (Lipinski definition) is 3. The average Bonchev–Trinajstić information content (AvgIpc) is 3.14. The molecule has 1 aliphatic rings. The van der Waals surface area contributed by atoms with Gasteiger partial charge in [0.15, 0.2) is 0 Å². The molecule has 18 heavy (non-hydrogen) atoms. The van der Waals surface area contributed by atoms with E-state index in [-0.39, 0.29) is 0 Å². The van der Waals surface area contributed by atoms with Crippen LogP contribution in [-0.4, -0.2) is 9.97 Å². The molecule has 2 N–H and O–H groups in total. The number of pyridine rings is 2. The third-order valence-corrected chi connectivity index (χ3v) is 3.55. The van der Waals surface area contributed by atoms with Crippen LogP contribution >= 0.6 is 0 Å². The predicted molar refractivity (Wildman–Crippen MR) is 73.3 cm³/mol. The van der Waals surface area contributed by atoms with Crippen LogP contribution in [-0.2, 0) is 0 Å². The Morgan fingerprint density at radius 1 is 1.11 bits per heavy atom. The number of nitrogens with two attached hydrogens (primary N) is 1. The summed E-state index contributed by atoms with van der Waals surface area (Å²) in [4.78, 5) is 8.85. The van der Waals surface area contributed by atoms with E-state index in [1.807, 2.05) is 32.2 Å². The van der Waals surface area contributed by atoms with Gasteiger partial charge in [-0.15, -0.1) is 0 Å². The highest BCUT2D eigenvalue weighted by Crippen LogP contribution is 2.41. The van der Waals surface area contributed by atoms with Crippen molar-refractivity contribution in [2.45, 2.75) is 32.6 Å². The van der Waals surface area contributed by atoms with Crippen molar-refractivity contribution in [1.82, 2.24) is 9.97 Å². The first-order chi connectivity index (χ1) is 8.65. The lowest BCUT2D eigenvalue weighted by atomic mass is 10.00. The lowest BCUT2D eigenvalue weighted by Gasteiger charge is -2.10. The summed E-state index contributed by atoms with van der Waals surface area (Å²) in [6.07, 6.45) is 4.60. The van der Waals surface area contributed by atoms with Crippen LogP contribution in [0.4, 0.5) is 5.82 Å². The van der Waals surface area contributed by atoms with Gasteiger partial charge in [0.25, 0.3) is 0 Å². The van der Waals surface area contributed by atoms with E-state index in [2.05, 4.69) is 16.0 Å². The van der Waals surface area contributed by atoms with Gasteiger partial charge < -0.3 is 5.73 Å². The maximum atomic E-state index is 5.71. The SMILES string of the molecule is Cc1ncc(C2CC2)cc1-c1ccc(N)nc1C. The number of hydrogen-bond donors (Lipinski definition) is 1. The first-order valence-corrected chi connectivity index (χ1v) is 6.35. The number of aromatic nitrogens is 2. The average molecular weight is 239 g/mol. The summed E-state index contributed by atoms with van der Waals surface area (Å²) in [5, 5.41) is 0. The maximum absolute atomic E-state index is 5.71. The summed E-state index contributed by atoms with van der Waals surface area (Å²) in [7, 11) is 0. The first kappa shape index (κ1) is 11.2. The van der Waals surface area contributed by atoms with Crippen LogP contribution in [0.15, 0.2) is 24.4 Å². The summed E-state index contributed by atoms with van der Waals surface area (Å²) in [6.45, 7) is 4.04. The molecule has 1 saturated carbocycles. The van der Waals surface area contributed by atoms with Crippen molar-refractivity contribution < 1.29 is 0 Å². The molecule has 0 radical (unpaired) electrons. The molecule has 3 nitrogen and oxygen atoms in total. The monoisotopic (exact) mass is 239 g/mol. The number of aryl methyl sites for hydroxylation is 2. The summed E-state index contributed by atoms with van der Waals surface area (Å²) in [5.41, 5.74) is 11.4. The van der Waals surface area contributed by atoms with E-state index < -0.39 is 0 Å². The van der Waals surface area contributed by atoms with Crippen LogP contribution in [0.3, 0.4) is 0 Å². The van der Waals surface area contributed by atoms with Gasteiger partial charge in [0, 0.05) is 28.7 Å². The molecule has 92 valence electrons. The minimum Gasteiger partial charge on any atom is -0.384 e. The molecule has 3 rings (SSSR count). The van der Waals surface area contributed by atoms with Gasteiger partial charge >= 0.3 is 0 Å². The Kier molecular flexibility index (Phi) is 2.54. The molecule has 3 heteroatoms. The van der Waals surface area contributed by atoms with E-state index in [0.717, 1.165) is 22.9 Å². The van der Waals surface area contributed by atoms with Gasteiger partial charge in [-0.2, -0.15) is 0 Å². The summed E-state index contributed by atoms with van der Waals surface area (Å²) >= 11 is 0. The van der Waals surface area contributed by atoms with E-state index in [4.69, 9.17) is 5.73 Å². The molecule has 2 aromatic rings. The Labute approximate surface area is 107 Å². The second-order valence-electron chi connectivity index (χ2n) is 5.04. The Balaban J connectivity index is 2.11. The van der Waals surface area contributed by atoms with Crippen molar-refractivity contribution in [1.29, 1.82) is 0 Å². The fourth-order valence-electron chi connectivity index (χ4n) is 2.33. The van der Waals surface area contributed by atoms with Gasteiger partial charge in [-0.25, -0.2) is 4.98 Å². The van der Waals surface area contributed by atoms with Crippen LogP contribution < -0.4 is 5.73 Å². The topological polar surface area (TPSA) is 51.8 Å². The number of nitrogens with zero attached hydrogens (tertiary/aromatic N) is 2. The lowest BCUT2D eigenvalue weighted by molar-refractivity contribution is 1.07. The molecule has 0 aliphatic heterocycles. The highest BCUT2D eigenvalue weighted by atomic mass is 14.8. The van der Waals surface area contributed by atoms with Crippen molar-refractivity contribution in [2.24, 2.45) is 0 Å². The highest BCUT2D eigenvalue weighted by Gasteiger charge is 2.24. The molecule has 2 heterocycles. The largest absolute Gasteiger partial charge is 0.384 e. The van der Waals surface area contributed by atoms with Crippen molar-refractivity contribution in [3.05, 3.63) is 41.3 Å². The smallest absolute Gasteiger partial charge is 0.123 e. The number of anilines is 1. The molecule has 2 aromatic heterocycles. The Morgan fingerprint density at radius 2 is 1.89 bits per heavy atom. The lowest BCUT2D eigenvalue weighted by Crippen LogP contribution is -1.97. The van der Waals surface area contributed by atoms with E-state index in [1.54, 1.807) is 0 Å². The highest BCUT2D eigenvalue weighted by molar-refractivity contribution is 5.69. The van der Waals surface area contributed by atoms with Gasteiger partial charge in [-0.3, -0.25) is 4.98 Å². The van der Waals surface area contributed by atoms with Crippen molar-refractivity contribution in [3.8, 4) is 11.1 Å². The molecule has 0 atom stereocenters. The molecular weight excluding hydrogens is 222 g/mol. The van der Waals surface area contributed by atoms with Gasteiger partial charge in [0.1, 0.15) is 5.82 Å². The predicted octanol–water partition coefficient (Wildman–Crippen LogP) is 3.22. The van der Waals surface area contributed by atoms with Crippen molar-refractivity contribution in [2.75, 3.05) is 5.73 Å². The maximum Gasteiger partial charge on any atom is 0.123 e. The Hall–Kier alpha value is -1.90. The van der Waals surface area contributed by atoms with E-state index in [0.29, 0.717) is 5.82 Å². The third-order valence-electron chi connectivity index (χ3n) is 3.55. The molecule has 0 spiro atoms. The zero-order chi connectivity index (χ0) is 12.7. The summed E-state index contributed by atoms with van der Waals surface area (Å²) in [5.74, 6) is 1.29. The van der Waals surface area contributed by atoms with Crippen LogP contribution in [0, 0.1) is 13.8 Å². The van der Waals surface area contributed by atoms with Gasteiger partial charge in [-0.05, 0) is 56.4 Å². The molecular formula is C15H17N3. The van der Waals surface area contributed by atoms with E-state index in [1.165, 1.54) is 24.0 Å². The molecule has 0 aromatic carbocycles. The Bertz CT molecular complexity index is 601. The fourth-order valence-corrected chi connectivity index (χ4v) is 2.33. The van der Waals surface area contributed by atoms with E-state index >= 15 is 0 Å². The minimum atomic E-state index is 0.570. The van der Waals surface area contributed by atoms with Crippen molar-refractivity contribution in [3.63, 3.8) is 0 Å². The number of rotatable bonds is 2. The minimum absolute atomic E-state index is 0.570. The molecule has 1 fully saturated rings. The van der Waals surface area contributed by atoms with Crippen LogP contribution in [0.1, 0.15) is 35.7 Å². The van der Waals surface area contributed by atoms with Crippen LogP contribution in [0.25, 0.3) is 11.1 Å². The Morgan fingerprint density at radius 3 is 2.56 bits per heavy atom. The fraction of sp³-hybridized carbons (Fsp3) is 0.333. The van der Waals surface area contributed by atoms with Gasteiger partial charge in [0.2, 0.25) is 0 Å². The summed E-state index contributed by atoms with van der Waals surface area (Å²) < 4.78 is 0. The van der Waals surface area contributed by atoms with Crippen LogP contribution in [0.5, 0.6) is 0 Å². The second kappa shape index (κ2) is 4.09. The first-order valence-electron chi connectivity index (χ1n) is 6.35. The van der Waals surface area contributed by atoms with Crippen LogP contribution in [0.2, 0.25) is 0 Å². The molecule has 0 amide bonds. The molecule has 0 saturated heterocycles.